The molecule has 0 spiro atoms. The fourth-order valence-corrected chi connectivity index (χ4v) is 1.87. The van der Waals surface area contributed by atoms with Crippen LogP contribution in [-0.4, -0.2) is 0 Å². The summed E-state index contributed by atoms with van der Waals surface area (Å²) < 4.78 is 0. The van der Waals surface area contributed by atoms with Gasteiger partial charge in [0, 0.05) is 19.5 Å². The Balaban J connectivity index is 0.00000225. The Labute approximate surface area is 114 Å². The van der Waals surface area contributed by atoms with Gasteiger partial charge in [-0.2, -0.15) is 0 Å². The quantitative estimate of drug-likeness (QED) is 0.470. The summed E-state index contributed by atoms with van der Waals surface area (Å²) in [5.41, 5.74) is 1.46. The molecule has 0 aliphatic rings. The molecular formula is C15H23Zn. The molecule has 0 unspecified atom stereocenters. The Morgan fingerprint density at radius 3 is 2.06 bits per heavy atom. The van der Waals surface area contributed by atoms with Crippen molar-refractivity contribution in [3.8, 4) is 0 Å². The SMILES string of the molecule is CCCCCCCCCc1cc[c]cc1.[Zn]. The van der Waals surface area contributed by atoms with Crippen LogP contribution >= 0.6 is 0 Å². The summed E-state index contributed by atoms with van der Waals surface area (Å²) in [6.45, 7) is 2.27. The third-order valence-electron chi connectivity index (χ3n) is 2.86. The van der Waals surface area contributed by atoms with Crippen molar-refractivity contribution < 1.29 is 19.5 Å². The molecule has 16 heavy (non-hydrogen) atoms. The Morgan fingerprint density at radius 1 is 0.875 bits per heavy atom. The fourth-order valence-electron chi connectivity index (χ4n) is 1.87. The van der Waals surface area contributed by atoms with Crippen molar-refractivity contribution in [1.82, 2.24) is 0 Å². The van der Waals surface area contributed by atoms with E-state index >= 15 is 0 Å². The molecular weight excluding hydrogens is 246 g/mol. The zero-order valence-corrected chi connectivity index (χ0v) is 13.6. The minimum Gasteiger partial charge on any atom is -0.0654 e. The van der Waals surface area contributed by atoms with E-state index < -0.39 is 0 Å². The van der Waals surface area contributed by atoms with Gasteiger partial charge >= 0.3 is 0 Å². The van der Waals surface area contributed by atoms with E-state index in [0.717, 1.165) is 0 Å². The zero-order valence-electron chi connectivity index (χ0n) is 10.7. The summed E-state index contributed by atoms with van der Waals surface area (Å²) in [4.78, 5) is 0. The predicted molar refractivity (Wildman–Crippen MR) is 67.0 cm³/mol. The summed E-state index contributed by atoms with van der Waals surface area (Å²) in [6.07, 6.45) is 11.0. The molecule has 0 aliphatic carbocycles. The molecule has 0 aromatic heterocycles. The second kappa shape index (κ2) is 11.3. The molecule has 0 heterocycles. The first kappa shape index (κ1) is 15.8. The number of rotatable bonds is 8. The van der Waals surface area contributed by atoms with Crippen LogP contribution < -0.4 is 0 Å². The van der Waals surface area contributed by atoms with Gasteiger partial charge < -0.3 is 0 Å². The summed E-state index contributed by atoms with van der Waals surface area (Å²) >= 11 is 0. The maximum Gasteiger partial charge on any atom is 0 e. The molecule has 0 saturated carbocycles. The van der Waals surface area contributed by atoms with Crippen LogP contribution in [0.2, 0.25) is 0 Å². The molecule has 1 aromatic carbocycles. The van der Waals surface area contributed by atoms with E-state index in [0.29, 0.717) is 0 Å². The summed E-state index contributed by atoms with van der Waals surface area (Å²) in [5, 5.41) is 0. The first-order chi connectivity index (χ1) is 7.43. The Kier molecular flexibility index (Phi) is 11.2. The molecule has 0 amide bonds. The molecule has 1 heteroatoms. The van der Waals surface area contributed by atoms with Crippen LogP contribution in [0, 0.1) is 6.07 Å². The van der Waals surface area contributed by atoms with Crippen molar-refractivity contribution in [2.45, 2.75) is 58.3 Å². The molecule has 0 bridgehead atoms. The largest absolute Gasteiger partial charge is 0.0654 e. The predicted octanol–water partition coefficient (Wildman–Crippen LogP) is 4.78. The molecule has 1 rings (SSSR count). The van der Waals surface area contributed by atoms with Crippen LogP contribution in [-0.2, 0) is 25.9 Å². The van der Waals surface area contributed by atoms with Gasteiger partial charge in [0.05, 0.1) is 0 Å². The van der Waals surface area contributed by atoms with Crippen molar-refractivity contribution in [2.24, 2.45) is 0 Å². The average molecular weight is 269 g/mol. The van der Waals surface area contributed by atoms with Gasteiger partial charge in [-0.3, -0.25) is 0 Å². The number of hydrogen-bond acceptors (Lipinski definition) is 0. The fraction of sp³-hybridized carbons (Fsp3) is 0.600. The number of hydrogen-bond donors (Lipinski definition) is 0. The molecule has 85 valence electrons. The molecule has 0 saturated heterocycles. The number of benzene rings is 1. The van der Waals surface area contributed by atoms with Crippen LogP contribution in [0.3, 0.4) is 0 Å². The van der Waals surface area contributed by atoms with Gasteiger partial charge in [0.15, 0.2) is 0 Å². The monoisotopic (exact) mass is 267 g/mol. The van der Waals surface area contributed by atoms with Crippen LogP contribution in [0.1, 0.15) is 57.4 Å². The van der Waals surface area contributed by atoms with Gasteiger partial charge in [-0.1, -0.05) is 69.7 Å². The van der Waals surface area contributed by atoms with E-state index in [2.05, 4.69) is 25.1 Å². The minimum absolute atomic E-state index is 0. The van der Waals surface area contributed by atoms with E-state index in [1.807, 2.05) is 12.1 Å². The third-order valence-corrected chi connectivity index (χ3v) is 2.86. The van der Waals surface area contributed by atoms with Crippen molar-refractivity contribution in [2.75, 3.05) is 0 Å². The van der Waals surface area contributed by atoms with Gasteiger partial charge in [0.2, 0.25) is 0 Å². The first-order valence-electron chi connectivity index (χ1n) is 6.38. The topological polar surface area (TPSA) is 0 Å². The van der Waals surface area contributed by atoms with Crippen LogP contribution in [0.15, 0.2) is 24.3 Å². The van der Waals surface area contributed by atoms with Crippen LogP contribution in [0.5, 0.6) is 0 Å². The molecule has 0 fully saturated rings. The molecule has 1 aromatic rings. The van der Waals surface area contributed by atoms with E-state index in [9.17, 15) is 0 Å². The Morgan fingerprint density at radius 2 is 1.44 bits per heavy atom. The Bertz CT molecular complexity index is 230. The summed E-state index contributed by atoms with van der Waals surface area (Å²) in [7, 11) is 0. The second-order valence-corrected chi connectivity index (χ2v) is 4.28. The van der Waals surface area contributed by atoms with Gasteiger partial charge in [-0.15, -0.1) is 0 Å². The standard InChI is InChI=1S/C15H23.Zn/c1-2-3-4-5-6-7-9-12-15-13-10-8-11-14-15;/h10-11,13-14H,2-7,9,12H2,1H3;. The molecule has 0 aliphatic heterocycles. The van der Waals surface area contributed by atoms with Gasteiger partial charge in [0.25, 0.3) is 0 Å². The van der Waals surface area contributed by atoms with Crippen molar-refractivity contribution in [1.29, 1.82) is 0 Å². The number of unbranched alkanes of at least 4 members (excludes halogenated alkanes) is 6. The molecule has 0 nitrogen and oxygen atoms in total. The second-order valence-electron chi connectivity index (χ2n) is 4.28. The van der Waals surface area contributed by atoms with E-state index in [1.165, 1.54) is 56.9 Å². The zero-order chi connectivity index (χ0) is 10.8. The summed E-state index contributed by atoms with van der Waals surface area (Å²) in [5.74, 6) is 0. The van der Waals surface area contributed by atoms with Gasteiger partial charge in [-0.25, -0.2) is 0 Å². The smallest absolute Gasteiger partial charge is 0 e. The maximum absolute atomic E-state index is 3.06. The third kappa shape index (κ3) is 8.05. The van der Waals surface area contributed by atoms with Gasteiger partial charge in [0.1, 0.15) is 0 Å². The van der Waals surface area contributed by atoms with Crippen molar-refractivity contribution in [3.63, 3.8) is 0 Å². The van der Waals surface area contributed by atoms with E-state index in [-0.39, 0.29) is 19.5 Å². The molecule has 0 atom stereocenters. The van der Waals surface area contributed by atoms with Crippen LogP contribution in [0.25, 0.3) is 0 Å². The minimum atomic E-state index is 0. The van der Waals surface area contributed by atoms with Crippen molar-refractivity contribution >= 4 is 0 Å². The first-order valence-corrected chi connectivity index (χ1v) is 6.38. The van der Waals surface area contributed by atoms with Crippen LogP contribution in [0.4, 0.5) is 0 Å². The molecule has 1 radical (unpaired) electrons. The van der Waals surface area contributed by atoms with Gasteiger partial charge in [-0.05, 0) is 24.5 Å². The van der Waals surface area contributed by atoms with Crippen molar-refractivity contribution in [3.05, 3.63) is 35.9 Å². The van der Waals surface area contributed by atoms with E-state index in [4.69, 9.17) is 0 Å². The normalized spacial score (nSPS) is 9.81. The Hall–Kier alpha value is -0.157. The van der Waals surface area contributed by atoms with E-state index in [1.54, 1.807) is 0 Å². The molecule has 0 N–H and O–H groups in total. The maximum atomic E-state index is 3.06. The average Bonchev–Trinajstić information content (AvgIpc) is 2.29. The summed E-state index contributed by atoms with van der Waals surface area (Å²) in [6, 6.07) is 11.4. The number of aryl methyl sites for hydroxylation is 1.